The van der Waals surface area contributed by atoms with Gasteiger partial charge in [0, 0.05) is 19.7 Å². The lowest BCUT2D eigenvalue weighted by Crippen LogP contribution is -2.36. The number of anilines is 1. The first-order valence-electron chi connectivity index (χ1n) is 6.28. The number of nitrogens with two attached hydrogens (primary N) is 1. The van der Waals surface area contributed by atoms with Crippen molar-refractivity contribution in [3.05, 3.63) is 11.4 Å². The summed E-state index contributed by atoms with van der Waals surface area (Å²) in [5, 5.41) is 16.0. The Morgan fingerprint density at radius 1 is 1.56 bits per heavy atom. The van der Waals surface area contributed by atoms with Crippen molar-refractivity contribution in [3.8, 4) is 0 Å². The molecule has 0 aliphatic heterocycles. The van der Waals surface area contributed by atoms with Gasteiger partial charge in [0.05, 0.1) is 11.4 Å². The van der Waals surface area contributed by atoms with Gasteiger partial charge >= 0.3 is 0 Å². The summed E-state index contributed by atoms with van der Waals surface area (Å²) in [6, 6.07) is -0.0399. The minimum absolute atomic E-state index is 0.0399. The van der Waals surface area contributed by atoms with Gasteiger partial charge in [-0.15, -0.1) is 0 Å². The molecule has 1 amide bonds. The average molecular weight is 254 g/mol. The summed E-state index contributed by atoms with van der Waals surface area (Å²) in [4.78, 5) is 12.1. The number of hydrogen-bond acceptors (Lipinski definition) is 4. The van der Waals surface area contributed by atoms with Crippen molar-refractivity contribution < 1.29 is 9.90 Å². The molecule has 0 saturated carbocycles. The lowest BCUT2D eigenvalue weighted by Gasteiger charge is -2.15. The van der Waals surface area contributed by atoms with Crippen LogP contribution < -0.4 is 11.1 Å². The van der Waals surface area contributed by atoms with Crippen molar-refractivity contribution in [1.82, 2.24) is 15.1 Å². The summed E-state index contributed by atoms with van der Waals surface area (Å²) in [5.74, 6) is -0.234. The maximum atomic E-state index is 12.1. The smallest absolute Gasteiger partial charge is 0.271 e. The topological polar surface area (TPSA) is 93.2 Å². The van der Waals surface area contributed by atoms with Crippen molar-refractivity contribution >= 4 is 11.6 Å². The number of carbonyl (C=O) groups excluding carboxylic acids is 1. The average Bonchev–Trinajstić information content (AvgIpc) is 2.63. The fraction of sp³-hybridized carbons (Fsp3) is 0.667. The minimum atomic E-state index is -0.234. The molecule has 0 aliphatic rings. The number of aliphatic hydroxyl groups is 1. The third kappa shape index (κ3) is 3.01. The second-order valence-corrected chi connectivity index (χ2v) is 4.28. The number of hydrogen-bond donors (Lipinski definition) is 3. The summed E-state index contributed by atoms with van der Waals surface area (Å²) < 4.78 is 1.51. The molecule has 1 atom stereocenters. The number of aliphatic hydroxyl groups excluding tert-OH is 1. The summed E-state index contributed by atoms with van der Waals surface area (Å²) in [5.41, 5.74) is 7.48. The van der Waals surface area contributed by atoms with Crippen molar-refractivity contribution in [2.24, 2.45) is 7.05 Å². The molecule has 0 spiro atoms. The number of carbonyl (C=O) groups is 1. The van der Waals surface area contributed by atoms with Crippen LogP contribution in [0.5, 0.6) is 0 Å². The fourth-order valence-corrected chi connectivity index (χ4v) is 1.91. The molecular weight excluding hydrogens is 232 g/mol. The number of nitrogens with one attached hydrogen (secondary N) is 1. The molecule has 1 rings (SSSR count). The van der Waals surface area contributed by atoms with Gasteiger partial charge in [-0.3, -0.25) is 9.48 Å². The summed E-state index contributed by atoms with van der Waals surface area (Å²) in [7, 11) is 1.71. The van der Waals surface area contributed by atoms with E-state index in [1.54, 1.807) is 7.05 Å². The van der Waals surface area contributed by atoms with Gasteiger partial charge in [0.1, 0.15) is 5.69 Å². The van der Waals surface area contributed by atoms with Crippen molar-refractivity contribution in [2.45, 2.75) is 39.2 Å². The van der Waals surface area contributed by atoms with Crippen molar-refractivity contribution in [2.75, 3.05) is 12.3 Å². The highest BCUT2D eigenvalue weighted by Crippen LogP contribution is 2.17. The Morgan fingerprint density at radius 2 is 2.22 bits per heavy atom. The first kappa shape index (κ1) is 14.5. The Labute approximate surface area is 107 Å². The highest BCUT2D eigenvalue weighted by Gasteiger charge is 2.20. The van der Waals surface area contributed by atoms with E-state index in [-0.39, 0.29) is 18.6 Å². The van der Waals surface area contributed by atoms with E-state index in [1.165, 1.54) is 4.68 Å². The van der Waals surface area contributed by atoms with Gasteiger partial charge in [-0.25, -0.2) is 0 Å². The number of aryl methyl sites for hydroxylation is 2. The maximum Gasteiger partial charge on any atom is 0.271 e. The van der Waals surface area contributed by atoms with E-state index in [2.05, 4.69) is 10.4 Å². The molecule has 1 unspecified atom stereocenters. The van der Waals surface area contributed by atoms with Gasteiger partial charge in [0.2, 0.25) is 0 Å². The fourth-order valence-electron chi connectivity index (χ4n) is 1.91. The van der Waals surface area contributed by atoms with Gasteiger partial charge in [-0.1, -0.05) is 13.8 Å². The molecule has 0 fully saturated rings. The van der Waals surface area contributed by atoms with Crippen LogP contribution >= 0.6 is 0 Å². The standard InChI is InChI=1S/C12H22N4O2/c1-4-8(6-7-17)14-12(18)11-10(13)9(5-2)15-16(11)3/h8,17H,4-7,13H2,1-3H3,(H,14,18). The quantitative estimate of drug-likeness (QED) is 0.687. The van der Waals surface area contributed by atoms with E-state index in [1.807, 2.05) is 13.8 Å². The number of aromatic nitrogens is 2. The number of nitrogen functional groups attached to an aromatic ring is 1. The van der Waals surface area contributed by atoms with Gasteiger partial charge in [-0.05, 0) is 19.3 Å². The van der Waals surface area contributed by atoms with Crippen LogP contribution in [-0.4, -0.2) is 33.4 Å². The Hall–Kier alpha value is -1.56. The number of amides is 1. The van der Waals surface area contributed by atoms with Gasteiger partial charge in [-0.2, -0.15) is 5.10 Å². The van der Waals surface area contributed by atoms with Gasteiger partial charge in [0.25, 0.3) is 5.91 Å². The third-order valence-electron chi connectivity index (χ3n) is 3.02. The molecule has 0 radical (unpaired) electrons. The zero-order valence-corrected chi connectivity index (χ0v) is 11.2. The predicted molar refractivity (Wildman–Crippen MR) is 70.2 cm³/mol. The molecule has 4 N–H and O–H groups in total. The largest absolute Gasteiger partial charge is 0.396 e. The van der Waals surface area contributed by atoms with E-state index in [0.29, 0.717) is 24.2 Å². The van der Waals surface area contributed by atoms with Crippen LogP contribution in [0, 0.1) is 0 Å². The van der Waals surface area contributed by atoms with E-state index in [0.717, 1.165) is 12.1 Å². The first-order chi connectivity index (χ1) is 8.54. The van der Waals surface area contributed by atoms with Crippen molar-refractivity contribution in [1.29, 1.82) is 0 Å². The minimum Gasteiger partial charge on any atom is -0.396 e. The number of nitrogens with zero attached hydrogens (tertiary/aromatic N) is 2. The lowest BCUT2D eigenvalue weighted by atomic mass is 10.1. The molecule has 1 aromatic rings. The summed E-state index contributed by atoms with van der Waals surface area (Å²) >= 11 is 0. The second kappa shape index (κ2) is 6.39. The summed E-state index contributed by atoms with van der Waals surface area (Å²) in [6.45, 7) is 3.96. The molecule has 6 heteroatoms. The molecule has 102 valence electrons. The molecule has 0 saturated heterocycles. The lowest BCUT2D eigenvalue weighted by molar-refractivity contribution is 0.0920. The monoisotopic (exact) mass is 254 g/mol. The SMILES string of the molecule is CCc1nn(C)c(C(=O)NC(CC)CCO)c1N. The molecule has 6 nitrogen and oxygen atoms in total. The maximum absolute atomic E-state index is 12.1. The molecule has 0 aliphatic carbocycles. The molecule has 1 heterocycles. The highest BCUT2D eigenvalue weighted by molar-refractivity contribution is 5.98. The van der Waals surface area contributed by atoms with Crippen LogP contribution in [0.1, 0.15) is 42.9 Å². The highest BCUT2D eigenvalue weighted by atomic mass is 16.3. The molecule has 0 aromatic carbocycles. The second-order valence-electron chi connectivity index (χ2n) is 4.28. The predicted octanol–water partition coefficient (Wildman–Crippen LogP) is 0.456. The zero-order chi connectivity index (χ0) is 13.7. The Bertz CT molecular complexity index is 414. The first-order valence-corrected chi connectivity index (χ1v) is 6.28. The normalized spacial score (nSPS) is 12.4. The van der Waals surface area contributed by atoms with E-state index in [4.69, 9.17) is 10.8 Å². The van der Waals surface area contributed by atoms with Crippen LogP contribution in [0.4, 0.5) is 5.69 Å². The zero-order valence-electron chi connectivity index (χ0n) is 11.2. The van der Waals surface area contributed by atoms with Gasteiger partial charge in [0.15, 0.2) is 0 Å². The Balaban J connectivity index is 2.87. The van der Waals surface area contributed by atoms with Crippen molar-refractivity contribution in [3.63, 3.8) is 0 Å². The number of rotatable bonds is 6. The Kier molecular flexibility index (Phi) is 5.15. The van der Waals surface area contributed by atoms with Crippen LogP contribution in [0.15, 0.2) is 0 Å². The Morgan fingerprint density at radius 3 is 2.67 bits per heavy atom. The van der Waals surface area contributed by atoms with E-state index >= 15 is 0 Å². The summed E-state index contributed by atoms with van der Waals surface area (Å²) in [6.07, 6.45) is 2.01. The third-order valence-corrected chi connectivity index (χ3v) is 3.02. The van der Waals surface area contributed by atoms with Crippen LogP contribution in [-0.2, 0) is 13.5 Å². The molecule has 0 bridgehead atoms. The van der Waals surface area contributed by atoms with Crippen LogP contribution in [0.2, 0.25) is 0 Å². The van der Waals surface area contributed by atoms with Gasteiger partial charge < -0.3 is 16.2 Å². The van der Waals surface area contributed by atoms with E-state index in [9.17, 15) is 4.79 Å². The molecular formula is C12H22N4O2. The van der Waals surface area contributed by atoms with Crippen LogP contribution in [0.25, 0.3) is 0 Å². The van der Waals surface area contributed by atoms with E-state index < -0.39 is 0 Å². The van der Waals surface area contributed by atoms with Crippen LogP contribution in [0.3, 0.4) is 0 Å². The molecule has 1 aromatic heterocycles. The molecule has 18 heavy (non-hydrogen) atoms.